The summed E-state index contributed by atoms with van der Waals surface area (Å²) in [4.78, 5) is 3.25. The number of hydrogen-bond acceptors (Lipinski definition) is 4. The fourth-order valence-electron chi connectivity index (χ4n) is 1.30. The fourth-order valence-corrected chi connectivity index (χ4v) is 1.66. The van der Waals surface area contributed by atoms with Gasteiger partial charge in [0, 0.05) is 3.57 Å². The maximum atomic E-state index is 12.3. The molecule has 2 rings (SSSR count). The third-order valence-electron chi connectivity index (χ3n) is 2.19. The molecule has 1 unspecified atom stereocenters. The highest BCUT2D eigenvalue weighted by atomic mass is 127. The van der Waals surface area contributed by atoms with Gasteiger partial charge in [-0.1, -0.05) is 17.3 Å². The van der Waals surface area contributed by atoms with Crippen molar-refractivity contribution in [3.8, 4) is 0 Å². The molecular formula is C10H7F3IN3O. The van der Waals surface area contributed by atoms with Gasteiger partial charge in [0.05, 0.1) is 6.04 Å². The van der Waals surface area contributed by atoms with Crippen molar-refractivity contribution >= 4 is 22.6 Å². The van der Waals surface area contributed by atoms with Gasteiger partial charge in [0.25, 0.3) is 0 Å². The van der Waals surface area contributed by atoms with Gasteiger partial charge in [0.2, 0.25) is 0 Å². The van der Waals surface area contributed by atoms with Crippen molar-refractivity contribution in [2.75, 3.05) is 0 Å². The summed E-state index contributed by atoms with van der Waals surface area (Å²) in [5, 5.41) is 3.25. The van der Waals surface area contributed by atoms with E-state index in [1.807, 2.05) is 0 Å². The maximum absolute atomic E-state index is 12.3. The lowest BCUT2D eigenvalue weighted by molar-refractivity contribution is -0.159. The van der Waals surface area contributed by atoms with Crippen LogP contribution < -0.4 is 5.73 Å². The standard InChI is InChI=1S/C10H7F3IN3O/c11-10(12,13)9-16-8(17-18-9)7(15)5-1-3-6(14)4-2-5/h1-4,7H,15H2. The van der Waals surface area contributed by atoms with Gasteiger partial charge >= 0.3 is 12.1 Å². The highest BCUT2D eigenvalue weighted by molar-refractivity contribution is 14.1. The van der Waals surface area contributed by atoms with Gasteiger partial charge in [-0.2, -0.15) is 18.2 Å². The Bertz CT molecular complexity index is 538. The first kappa shape index (κ1) is 13.3. The maximum Gasteiger partial charge on any atom is 0.471 e. The highest BCUT2D eigenvalue weighted by Crippen LogP contribution is 2.28. The minimum atomic E-state index is -4.66. The lowest BCUT2D eigenvalue weighted by Crippen LogP contribution is -2.14. The molecule has 1 aromatic carbocycles. The number of halogens is 4. The molecule has 4 nitrogen and oxygen atoms in total. The van der Waals surface area contributed by atoms with Crippen molar-refractivity contribution in [2.24, 2.45) is 5.73 Å². The van der Waals surface area contributed by atoms with Crippen LogP contribution in [0.5, 0.6) is 0 Å². The van der Waals surface area contributed by atoms with Gasteiger partial charge in [-0.3, -0.25) is 0 Å². The Labute approximate surface area is 114 Å². The number of rotatable bonds is 2. The van der Waals surface area contributed by atoms with Crippen LogP contribution >= 0.6 is 22.6 Å². The monoisotopic (exact) mass is 369 g/mol. The predicted molar refractivity (Wildman–Crippen MR) is 64.5 cm³/mol. The molecule has 1 atom stereocenters. The average Bonchev–Trinajstić information content (AvgIpc) is 2.78. The Morgan fingerprint density at radius 3 is 2.33 bits per heavy atom. The van der Waals surface area contributed by atoms with Crippen LogP contribution in [0.1, 0.15) is 23.3 Å². The minimum Gasteiger partial charge on any atom is -0.329 e. The molecular weight excluding hydrogens is 362 g/mol. The van der Waals surface area contributed by atoms with E-state index < -0.39 is 18.1 Å². The van der Waals surface area contributed by atoms with Gasteiger partial charge in [0.15, 0.2) is 5.82 Å². The van der Waals surface area contributed by atoms with Crippen LogP contribution in [0.25, 0.3) is 0 Å². The van der Waals surface area contributed by atoms with Crippen molar-refractivity contribution < 1.29 is 17.7 Å². The molecule has 0 aliphatic rings. The molecule has 2 N–H and O–H groups in total. The highest BCUT2D eigenvalue weighted by Gasteiger charge is 2.39. The van der Waals surface area contributed by atoms with E-state index in [9.17, 15) is 13.2 Å². The van der Waals surface area contributed by atoms with E-state index in [4.69, 9.17) is 5.73 Å². The Morgan fingerprint density at radius 2 is 1.83 bits per heavy atom. The summed E-state index contributed by atoms with van der Waals surface area (Å²) >= 11 is 2.11. The van der Waals surface area contributed by atoms with Gasteiger partial charge in [0.1, 0.15) is 0 Å². The molecule has 8 heteroatoms. The fraction of sp³-hybridized carbons (Fsp3) is 0.200. The molecule has 0 saturated carbocycles. The predicted octanol–water partition coefficient (Wildman–Crippen LogP) is 2.74. The average molecular weight is 369 g/mol. The smallest absolute Gasteiger partial charge is 0.329 e. The normalized spacial score (nSPS) is 13.6. The summed E-state index contributed by atoms with van der Waals surface area (Å²) in [6.45, 7) is 0. The molecule has 0 aliphatic heterocycles. The molecule has 18 heavy (non-hydrogen) atoms. The topological polar surface area (TPSA) is 64.9 Å². The van der Waals surface area contributed by atoms with Gasteiger partial charge in [-0.05, 0) is 40.3 Å². The van der Waals surface area contributed by atoms with Crippen LogP contribution in [0.2, 0.25) is 0 Å². The van der Waals surface area contributed by atoms with Crippen LogP contribution in [-0.4, -0.2) is 10.1 Å². The third-order valence-corrected chi connectivity index (χ3v) is 2.91. The number of alkyl halides is 3. The Balaban J connectivity index is 2.26. The van der Waals surface area contributed by atoms with Crippen LogP contribution in [0.4, 0.5) is 13.2 Å². The zero-order valence-electron chi connectivity index (χ0n) is 8.78. The van der Waals surface area contributed by atoms with E-state index in [0.29, 0.717) is 5.56 Å². The van der Waals surface area contributed by atoms with Crippen molar-refractivity contribution in [1.82, 2.24) is 10.1 Å². The lowest BCUT2D eigenvalue weighted by Gasteiger charge is -2.06. The quantitative estimate of drug-likeness (QED) is 0.827. The summed E-state index contributed by atoms with van der Waals surface area (Å²) in [5.41, 5.74) is 6.38. The second-order valence-corrected chi connectivity index (χ2v) is 4.73. The molecule has 0 fully saturated rings. The Morgan fingerprint density at radius 1 is 1.22 bits per heavy atom. The van der Waals surface area contributed by atoms with E-state index >= 15 is 0 Å². The molecule has 0 bridgehead atoms. The molecule has 1 aromatic heterocycles. The van der Waals surface area contributed by atoms with E-state index in [0.717, 1.165) is 3.57 Å². The summed E-state index contributed by atoms with van der Waals surface area (Å²) in [5.74, 6) is -1.58. The number of hydrogen-bond donors (Lipinski definition) is 1. The lowest BCUT2D eigenvalue weighted by atomic mass is 10.1. The van der Waals surface area contributed by atoms with Crippen molar-refractivity contribution in [2.45, 2.75) is 12.2 Å². The van der Waals surface area contributed by atoms with Crippen LogP contribution in [-0.2, 0) is 6.18 Å². The zero-order chi connectivity index (χ0) is 13.3. The number of aromatic nitrogens is 2. The molecule has 0 saturated heterocycles. The van der Waals surface area contributed by atoms with Gasteiger partial charge in [-0.15, -0.1) is 0 Å². The molecule has 1 heterocycles. The summed E-state index contributed by atoms with van der Waals surface area (Å²) in [6, 6.07) is 6.15. The van der Waals surface area contributed by atoms with E-state index in [2.05, 4.69) is 37.3 Å². The molecule has 0 spiro atoms. The SMILES string of the molecule is NC(c1ccc(I)cc1)c1noc(C(F)(F)F)n1. The first-order valence-electron chi connectivity index (χ1n) is 4.80. The van der Waals surface area contributed by atoms with Crippen molar-refractivity contribution in [3.05, 3.63) is 45.1 Å². The minimum absolute atomic E-state index is 0.191. The summed E-state index contributed by atoms with van der Waals surface area (Å²) in [7, 11) is 0. The molecule has 0 amide bonds. The first-order chi connectivity index (χ1) is 8.38. The number of nitrogens with two attached hydrogens (primary N) is 1. The summed E-state index contributed by atoms with van der Waals surface area (Å²) < 4.78 is 42.0. The molecule has 2 aromatic rings. The second-order valence-electron chi connectivity index (χ2n) is 3.48. The van der Waals surface area contributed by atoms with Crippen LogP contribution in [0.3, 0.4) is 0 Å². The first-order valence-corrected chi connectivity index (χ1v) is 5.87. The van der Waals surface area contributed by atoms with E-state index in [1.165, 1.54) is 0 Å². The zero-order valence-corrected chi connectivity index (χ0v) is 10.9. The molecule has 0 aliphatic carbocycles. The van der Waals surface area contributed by atoms with E-state index in [-0.39, 0.29) is 5.82 Å². The van der Waals surface area contributed by atoms with Gasteiger partial charge in [-0.25, -0.2) is 0 Å². The number of nitrogens with zero attached hydrogens (tertiary/aromatic N) is 2. The van der Waals surface area contributed by atoms with Gasteiger partial charge < -0.3 is 10.3 Å². The number of benzene rings is 1. The van der Waals surface area contributed by atoms with Crippen LogP contribution in [0.15, 0.2) is 28.8 Å². The van der Waals surface area contributed by atoms with E-state index in [1.54, 1.807) is 24.3 Å². The Hall–Kier alpha value is -1.16. The summed E-state index contributed by atoms with van der Waals surface area (Å²) in [6.07, 6.45) is -4.66. The largest absolute Gasteiger partial charge is 0.471 e. The van der Waals surface area contributed by atoms with Crippen molar-refractivity contribution in [3.63, 3.8) is 0 Å². The Kier molecular flexibility index (Phi) is 3.57. The second kappa shape index (κ2) is 4.84. The molecule has 96 valence electrons. The molecule has 0 radical (unpaired) electrons. The van der Waals surface area contributed by atoms with Crippen LogP contribution in [0, 0.1) is 3.57 Å². The van der Waals surface area contributed by atoms with Crippen molar-refractivity contribution in [1.29, 1.82) is 0 Å². The third kappa shape index (κ3) is 2.80.